The van der Waals surface area contributed by atoms with E-state index in [0.717, 1.165) is 11.4 Å². The van der Waals surface area contributed by atoms with Gasteiger partial charge in [0.25, 0.3) is 5.56 Å². The summed E-state index contributed by atoms with van der Waals surface area (Å²) in [4.78, 5) is 30.3. The monoisotopic (exact) mass is 437 g/mol. The minimum absolute atomic E-state index is 0.138. The lowest BCUT2D eigenvalue weighted by Crippen LogP contribution is -2.27. The van der Waals surface area contributed by atoms with Crippen LogP contribution in [0.1, 0.15) is 12.5 Å². The van der Waals surface area contributed by atoms with Gasteiger partial charge in [-0.05, 0) is 30.3 Å². The summed E-state index contributed by atoms with van der Waals surface area (Å²) in [5.41, 5.74) is 1.76. The normalized spacial score (nSPS) is 15.3. The summed E-state index contributed by atoms with van der Waals surface area (Å²) < 4.78 is 3.22. The Hall–Kier alpha value is -3.10. The number of nitrogens with one attached hydrogen (secondary N) is 1. The summed E-state index contributed by atoms with van der Waals surface area (Å²) in [6.45, 7) is 0. The Bertz CT molecular complexity index is 1320. The van der Waals surface area contributed by atoms with E-state index in [1.165, 1.54) is 18.0 Å². The minimum atomic E-state index is -0.257. The number of amides is 1. The number of fused-ring (bicyclic) bond motifs is 2. The highest BCUT2D eigenvalue weighted by Crippen LogP contribution is 2.33. The predicted molar refractivity (Wildman–Crippen MR) is 118 cm³/mol. The fraction of sp³-hybridized carbons (Fsp3) is 0.143. The van der Waals surface area contributed by atoms with Gasteiger partial charge >= 0.3 is 0 Å². The van der Waals surface area contributed by atoms with E-state index in [-0.39, 0.29) is 23.9 Å². The lowest BCUT2D eigenvalue weighted by Gasteiger charge is -2.13. The second-order valence-corrected chi connectivity index (χ2v) is 8.35. The van der Waals surface area contributed by atoms with E-state index in [0.29, 0.717) is 27.0 Å². The number of halogens is 1. The molecule has 150 valence electrons. The molecule has 3 heterocycles. The zero-order chi connectivity index (χ0) is 20.7. The Morgan fingerprint density at radius 2 is 2.03 bits per heavy atom. The zero-order valence-corrected chi connectivity index (χ0v) is 17.2. The smallest absolute Gasteiger partial charge is 0.265 e. The zero-order valence-electron chi connectivity index (χ0n) is 15.7. The van der Waals surface area contributed by atoms with Gasteiger partial charge in [-0.1, -0.05) is 47.6 Å². The lowest BCUT2D eigenvalue weighted by molar-refractivity contribution is -0.116. The molecule has 0 radical (unpaired) electrons. The molecule has 2 aromatic carbocycles. The second kappa shape index (κ2) is 7.62. The fourth-order valence-electron chi connectivity index (χ4n) is 3.53. The highest BCUT2D eigenvalue weighted by molar-refractivity contribution is 7.99. The number of anilines is 1. The van der Waals surface area contributed by atoms with Crippen LogP contribution in [0.15, 0.2) is 70.7 Å². The maximum absolute atomic E-state index is 13.2. The number of rotatable bonds is 4. The van der Waals surface area contributed by atoms with Crippen molar-refractivity contribution in [2.24, 2.45) is 0 Å². The maximum Gasteiger partial charge on any atom is 0.265 e. The van der Waals surface area contributed by atoms with Gasteiger partial charge < -0.3 is 5.32 Å². The van der Waals surface area contributed by atoms with E-state index in [1.54, 1.807) is 21.4 Å². The van der Waals surface area contributed by atoms with Gasteiger partial charge in [0.2, 0.25) is 5.91 Å². The van der Waals surface area contributed by atoms with Gasteiger partial charge in [0, 0.05) is 22.9 Å². The molecule has 1 N–H and O–H groups in total. The fourth-order valence-corrected chi connectivity index (χ4v) is 4.84. The number of carbonyl (C=O) groups is 1. The van der Waals surface area contributed by atoms with E-state index in [4.69, 9.17) is 11.6 Å². The molecule has 1 unspecified atom stereocenters. The van der Waals surface area contributed by atoms with Crippen LogP contribution in [0.25, 0.3) is 16.7 Å². The van der Waals surface area contributed by atoms with Crippen LogP contribution in [0.2, 0.25) is 5.02 Å². The van der Waals surface area contributed by atoms with Crippen molar-refractivity contribution in [3.05, 3.63) is 76.2 Å². The van der Waals surface area contributed by atoms with Crippen molar-refractivity contribution in [3.8, 4) is 5.69 Å². The third kappa shape index (κ3) is 3.38. The van der Waals surface area contributed by atoms with Gasteiger partial charge in [0.1, 0.15) is 5.39 Å². The molecule has 1 atom stereocenters. The van der Waals surface area contributed by atoms with Crippen molar-refractivity contribution in [2.75, 3.05) is 11.1 Å². The number of para-hydroxylation sites is 1. The van der Waals surface area contributed by atoms with Crippen LogP contribution in [0.5, 0.6) is 0 Å². The highest BCUT2D eigenvalue weighted by Gasteiger charge is 2.29. The molecule has 0 saturated heterocycles. The molecule has 0 aliphatic carbocycles. The first-order chi connectivity index (χ1) is 14.6. The molecule has 4 aromatic rings. The first-order valence-corrected chi connectivity index (χ1v) is 10.7. The SMILES string of the molecule is O=C(CC1CSc2nc3c(cnn3-c3cccc(Cl)c3)c(=O)n21)Nc1ccccc1. The van der Waals surface area contributed by atoms with Crippen LogP contribution in [-0.4, -0.2) is 31.0 Å². The van der Waals surface area contributed by atoms with Gasteiger partial charge in [-0.2, -0.15) is 5.10 Å². The summed E-state index contributed by atoms with van der Waals surface area (Å²) in [7, 11) is 0. The van der Waals surface area contributed by atoms with Crippen molar-refractivity contribution in [1.82, 2.24) is 19.3 Å². The predicted octanol–water partition coefficient (Wildman–Crippen LogP) is 3.91. The van der Waals surface area contributed by atoms with E-state index < -0.39 is 0 Å². The van der Waals surface area contributed by atoms with Gasteiger partial charge in [0.15, 0.2) is 10.8 Å². The number of aromatic nitrogens is 4. The summed E-state index contributed by atoms with van der Waals surface area (Å²) in [6, 6.07) is 16.2. The Kier molecular flexibility index (Phi) is 4.80. The molecule has 0 spiro atoms. The van der Waals surface area contributed by atoms with Crippen molar-refractivity contribution in [3.63, 3.8) is 0 Å². The summed E-state index contributed by atoms with van der Waals surface area (Å²) >= 11 is 7.56. The molecule has 30 heavy (non-hydrogen) atoms. The molecule has 1 aliphatic rings. The summed E-state index contributed by atoms with van der Waals surface area (Å²) in [5, 5.41) is 8.80. The number of hydrogen-bond acceptors (Lipinski definition) is 5. The molecule has 2 aromatic heterocycles. The van der Waals surface area contributed by atoms with Crippen molar-refractivity contribution in [2.45, 2.75) is 17.6 Å². The standard InChI is InChI=1S/C21H16ClN5O2S/c22-13-5-4-8-15(9-13)27-19-17(11-23-27)20(29)26-16(12-30-21(26)25-19)10-18(28)24-14-6-2-1-3-7-14/h1-9,11,16H,10,12H2,(H,24,28). The first kappa shape index (κ1) is 18.9. The molecule has 1 amide bonds. The molecule has 9 heteroatoms. The van der Waals surface area contributed by atoms with E-state index in [1.807, 2.05) is 42.5 Å². The van der Waals surface area contributed by atoms with Crippen LogP contribution in [0, 0.1) is 0 Å². The molecule has 0 bridgehead atoms. The van der Waals surface area contributed by atoms with Crippen molar-refractivity contribution in [1.29, 1.82) is 0 Å². The Morgan fingerprint density at radius 1 is 1.20 bits per heavy atom. The Labute approximate surface area is 180 Å². The first-order valence-electron chi connectivity index (χ1n) is 9.34. The van der Waals surface area contributed by atoms with Crippen molar-refractivity contribution >= 4 is 46.0 Å². The molecule has 7 nitrogen and oxygen atoms in total. The van der Waals surface area contributed by atoms with Crippen LogP contribution < -0.4 is 10.9 Å². The summed E-state index contributed by atoms with van der Waals surface area (Å²) in [6.07, 6.45) is 1.72. The summed E-state index contributed by atoms with van der Waals surface area (Å²) in [5.74, 6) is 0.475. The van der Waals surface area contributed by atoms with E-state index in [2.05, 4.69) is 15.4 Å². The van der Waals surface area contributed by atoms with Crippen molar-refractivity contribution < 1.29 is 4.79 Å². The number of nitrogens with zero attached hydrogens (tertiary/aromatic N) is 4. The van der Waals surface area contributed by atoms with Crippen LogP contribution in [0.3, 0.4) is 0 Å². The largest absolute Gasteiger partial charge is 0.326 e. The van der Waals surface area contributed by atoms with Crippen LogP contribution in [0.4, 0.5) is 5.69 Å². The minimum Gasteiger partial charge on any atom is -0.326 e. The quantitative estimate of drug-likeness (QED) is 0.489. The van der Waals surface area contributed by atoms with Gasteiger partial charge in [-0.25, -0.2) is 9.67 Å². The average molecular weight is 438 g/mol. The van der Waals surface area contributed by atoms with Crippen LogP contribution in [-0.2, 0) is 4.79 Å². The number of thioether (sulfide) groups is 1. The van der Waals surface area contributed by atoms with E-state index >= 15 is 0 Å². The molecule has 1 aliphatic heterocycles. The number of carbonyl (C=O) groups excluding carboxylic acids is 1. The molecule has 5 rings (SSSR count). The average Bonchev–Trinajstić information content (AvgIpc) is 3.34. The maximum atomic E-state index is 13.2. The highest BCUT2D eigenvalue weighted by atomic mass is 35.5. The second-order valence-electron chi connectivity index (χ2n) is 6.93. The number of benzene rings is 2. The third-order valence-corrected chi connectivity index (χ3v) is 6.23. The van der Waals surface area contributed by atoms with E-state index in [9.17, 15) is 9.59 Å². The molecular formula is C21H16ClN5O2S. The molecular weight excluding hydrogens is 422 g/mol. The third-order valence-electron chi connectivity index (χ3n) is 4.90. The molecule has 0 fully saturated rings. The van der Waals surface area contributed by atoms with Gasteiger partial charge in [-0.3, -0.25) is 14.2 Å². The Balaban J connectivity index is 1.47. The lowest BCUT2D eigenvalue weighted by atomic mass is 10.2. The topological polar surface area (TPSA) is 81.8 Å². The van der Waals surface area contributed by atoms with Gasteiger partial charge in [0.05, 0.1) is 17.9 Å². The number of hydrogen-bond donors (Lipinski definition) is 1. The van der Waals surface area contributed by atoms with Gasteiger partial charge in [-0.15, -0.1) is 0 Å². The molecule has 0 saturated carbocycles. The Morgan fingerprint density at radius 3 is 2.83 bits per heavy atom. The van der Waals surface area contributed by atoms with Crippen LogP contribution >= 0.6 is 23.4 Å².